The fourth-order valence-corrected chi connectivity index (χ4v) is 3.17. The first-order valence-electron chi connectivity index (χ1n) is 8.05. The molecule has 2 amide bonds. The van der Waals surface area contributed by atoms with Gasteiger partial charge < -0.3 is 10.2 Å². The van der Waals surface area contributed by atoms with E-state index in [4.69, 9.17) is 11.6 Å². The van der Waals surface area contributed by atoms with Crippen molar-refractivity contribution >= 4 is 29.1 Å². The summed E-state index contributed by atoms with van der Waals surface area (Å²) in [5, 5.41) is 2.97. The van der Waals surface area contributed by atoms with E-state index >= 15 is 0 Å². The highest BCUT2D eigenvalue weighted by Crippen LogP contribution is 2.25. The summed E-state index contributed by atoms with van der Waals surface area (Å²) in [4.78, 5) is 26.5. The van der Waals surface area contributed by atoms with Gasteiger partial charge in [0.2, 0.25) is 11.8 Å². The molecule has 1 N–H and O–H groups in total. The summed E-state index contributed by atoms with van der Waals surface area (Å²) in [5.41, 5.74) is 2.46. The molecule has 0 spiro atoms. The average Bonchev–Trinajstić information content (AvgIpc) is 2.94. The van der Waals surface area contributed by atoms with Gasteiger partial charge in [-0.05, 0) is 49.2 Å². The van der Waals surface area contributed by atoms with Crippen molar-refractivity contribution < 1.29 is 14.0 Å². The maximum absolute atomic E-state index is 13.3. The highest BCUT2D eigenvalue weighted by molar-refractivity contribution is 6.30. The van der Waals surface area contributed by atoms with Crippen LogP contribution in [0.4, 0.5) is 10.1 Å². The molecule has 1 fully saturated rings. The van der Waals surface area contributed by atoms with E-state index in [0.29, 0.717) is 18.5 Å². The second-order valence-electron chi connectivity index (χ2n) is 6.16. The highest BCUT2D eigenvalue weighted by Gasteiger charge is 2.37. The zero-order valence-corrected chi connectivity index (χ0v) is 14.5. The minimum absolute atomic E-state index is 0.130. The van der Waals surface area contributed by atoms with Crippen LogP contribution in [-0.2, 0) is 16.1 Å². The Labute approximate surface area is 150 Å². The third-order valence-electron chi connectivity index (χ3n) is 4.26. The molecule has 3 rings (SSSR count). The first-order valence-corrected chi connectivity index (χ1v) is 8.42. The first kappa shape index (κ1) is 17.4. The molecule has 0 saturated carbocycles. The van der Waals surface area contributed by atoms with Crippen molar-refractivity contribution in [3.05, 3.63) is 64.4 Å². The van der Waals surface area contributed by atoms with Crippen molar-refractivity contribution in [3.63, 3.8) is 0 Å². The molecule has 1 atom stereocenters. The summed E-state index contributed by atoms with van der Waals surface area (Å²) in [6.45, 7) is 2.61. The van der Waals surface area contributed by atoms with Gasteiger partial charge in [0.15, 0.2) is 0 Å². The lowest BCUT2D eigenvalue weighted by molar-refractivity contribution is -0.132. The van der Waals surface area contributed by atoms with Gasteiger partial charge in [0.25, 0.3) is 0 Å². The van der Waals surface area contributed by atoms with E-state index in [-0.39, 0.29) is 23.4 Å². The van der Waals surface area contributed by atoms with Gasteiger partial charge in [-0.3, -0.25) is 9.59 Å². The summed E-state index contributed by atoms with van der Waals surface area (Å²) in [6.07, 6.45) is 0.461. The van der Waals surface area contributed by atoms with Crippen LogP contribution in [0.5, 0.6) is 0 Å². The van der Waals surface area contributed by atoms with Crippen LogP contribution in [0.15, 0.2) is 42.5 Å². The summed E-state index contributed by atoms with van der Waals surface area (Å²) < 4.78 is 13.3. The van der Waals surface area contributed by atoms with Gasteiger partial charge in [-0.1, -0.05) is 29.3 Å². The number of amides is 2. The van der Waals surface area contributed by atoms with E-state index in [2.05, 4.69) is 5.32 Å². The van der Waals surface area contributed by atoms with E-state index < -0.39 is 11.7 Å². The Kier molecular flexibility index (Phi) is 5.04. The summed E-state index contributed by atoms with van der Waals surface area (Å²) in [7, 11) is 0. The first-order chi connectivity index (χ1) is 11.9. The number of nitrogens with zero attached hydrogens (tertiary/aromatic N) is 1. The lowest BCUT2D eigenvalue weighted by atomic mass is 10.1. The van der Waals surface area contributed by atoms with E-state index in [1.807, 2.05) is 31.2 Å². The number of benzene rings is 2. The maximum Gasteiger partial charge on any atom is 0.239 e. The summed E-state index contributed by atoms with van der Waals surface area (Å²) >= 11 is 5.80. The van der Waals surface area contributed by atoms with Gasteiger partial charge in [-0.2, -0.15) is 0 Å². The fourth-order valence-electron chi connectivity index (χ4n) is 2.93. The van der Waals surface area contributed by atoms with Gasteiger partial charge >= 0.3 is 0 Å². The predicted molar refractivity (Wildman–Crippen MR) is 94.9 cm³/mol. The third kappa shape index (κ3) is 3.99. The lowest BCUT2D eigenvalue weighted by Crippen LogP contribution is -2.36. The Bertz CT molecular complexity index is 787. The highest BCUT2D eigenvalue weighted by atomic mass is 35.5. The van der Waals surface area contributed by atoms with Gasteiger partial charge in [0.1, 0.15) is 11.7 Å². The number of carbonyl (C=O) groups excluding carboxylic acids is 2. The Balaban J connectivity index is 1.63. The van der Waals surface area contributed by atoms with Gasteiger partial charge in [-0.15, -0.1) is 0 Å². The zero-order valence-electron chi connectivity index (χ0n) is 13.8. The van der Waals surface area contributed by atoms with Crippen molar-refractivity contribution in [1.82, 2.24) is 5.32 Å². The molecule has 1 unspecified atom stereocenters. The quantitative estimate of drug-likeness (QED) is 0.849. The average molecular weight is 361 g/mol. The van der Waals surface area contributed by atoms with E-state index in [1.165, 1.54) is 12.1 Å². The monoisotopic (exact) mass is 360 g/mol. The third-order valence-corrected chi connectivity index (χ3v) is 4.47. The van der Waals surface area contributed by atoms with Crippen LogP contribution < -0.4 is 10.2 Å². The Morgan fingerprint density at radius 1 is 1.28 bits per heavy atom. The normalized spacial score (nSPS) is 17.0. The largest absolute Gasteiger partial charge is 0.351 e. The van der Waals surface area contributed by atoms with Gasteiger partial charge in [0, 0.05) is 23.8 Å². The molecule has 25 heavy (non-hydrogen) atoms. The summed E-state index contributed by atoms with van der Waals surface area (Å²) in [6, 6.07) is 11.7. The van der Waals surface area contributed by atoms with Crippen LogP contribution in [0.25, 0.3) is 0 Å². The number of nitrogens with one attached hydrogen (secondary N) is 1. The molecule has 1 aliphatic heterocycles. The van der Waals surface area contributed by atoms with Gasteiger partial charge in [0.05, 0.1) is 0 Å². The van der Waals surface area contributed by atoms with Crippen molar-refractivity contribution in [3.8, 4) is 0 Å². The zero-order chi connectivity index (χ0) is 18.0. The number of carbonyl (C=O) groups is 2. The van der Waals surface area contributed by atoms with Crippen molar-refractivity contribution in [2.75, 3.05) is 11.4 Å². The molecule has 0 radical (unpaired) electrons. The van der Waals surface area contributed by atoms with Crippen LogP contribution >= 0.6 is 11.6 Å². The molecule has 0 bridgehead atoms. The SMILES string of the molecule is Cc1ccc(N2CCC(C(=O)NCc3cc(F)cc(Cl)c3)C2=O)cc1. The van der Waals surface area contributed by atoms with Crippen molar-refractivity contribution in [1.29, 1.82) is 0 Å². The van der Waals surface area contributed by atoms with Crippen molar-refractivity contribution in [2.45, 2.75) is 19.9 Å². The molecule has 0 aliphatic carbocycles. The molecular formula is C19H18ClFN2O2. The van der Waals surface area contributed by atoms with E-state index in [1.54, 1.807) is 11.0 Å². The number of hydrogen-bond acceptors (Lipinski definition) is 2. The number of anilines is 1. The Hall–Kier alpha value is -2.40. The molecular weight excluding hydrogens is 343 g/mol. The number of halogens is 2. The van der Waals surface area contributed by atoms with Crippen LogP contribution in [0, 0.1) is 18.7 Å². The number of hydrogen-bond donors (Lipinski definition) is 1. The molecule has 0 aromatic heterocycles. The second-order valence-corrected chi connectivity index (χ2v) is 6.60. The molecule has 6 heteroatoms. The van der Waals surface area contributed by atoms with Crippen LogP contribution in [0.2, 0.25) is 5.02 Å². The molecule has 4 nitrogen and oxygen atoms in total. The van der Waals surface area contributed by atoms with Gasteiger partial charge in [-0.25, -0.2) is 4.39 Å². The minimum Gasteiger partial charge on any atom is -0.351 e. The van der Waals surface area contributed by atoms with Crippen LogP contribution in [0.1, 0.15) is 17.5 Å². The second kappa shape index (κ2) is 7.23. The lowest BCUT2D eigenvalue weighted by Gasteiger charge is -2.17. The molecule has 2 aromatic rings. The fraction of sp³-hybridized carbons (Fsp3) is 0.263. The standard InChI is InChI=1S/C19H18ClFN2O2/c1-12-2-4-16(5-3-12)23-7-6-17(19(23)25)18(24)22-11-13-8-14(20)10-15(21)9-13/h2-5,8-10,17H,6-7,11H2,1H3,(H,22,24). The van der Waals surface area contributed by atoms with Crippen molar-refractivity contribution in [2.24, 2.45) is 5.92 Å². The molecule has 1 saturated heterocycles. The summed E-state index contributed by atoms with van der Waals surface area (Å²) in [5.74, 6) is -1.73. The molecule has 1 heterocycles. The topological polar surface area (TPSA) is 49.4 Å². The van der Waals surface area contributed by atoms with E-state index in [0.717, 1.165) is 11.3 Å². The molecule has 2 aromatic carbocycles. The van der Waals surface area contributed by atoms with Crippen LogP contribution in [0.3, 0.4) is 0 Å². The number of rotatable bonds is 4. The smallest absolute Gasteiger partial charge is 0.239 e. The van der Waals surface area contributed by atoms with E-state index in [9.17, 15) is 14.0 Å². The van der Waals surface area contributed by atoms with Crippen LogP contribution in [-0.4, -0.2) is 18.4 Å². The minimum atomic E-state index is -0.717. The maximum atomic E-state index is 13.3. The Morgan fingerprint density at radius 2 is 2.00 bits per heavy atom. The predicted octanol–water partition coefficient (Wildman–Crippen LogP) is 3.46. The molecule has 1 aliphatic rings. The number of aryl methyl sites for hydroxylation is 1. The Morgan fingerprint density at radius 3 is 2.68 bits per heavy atom. The molecule has 130 valence electrons.